The first-order valence-corrected chi connectivity index (χ1v) is 4.59. The van der Waals surface area contributed by atoms with Crippen molar-refractivity contribution < 1.29 is 5.11 Å². The van der Waals surface area contributed by atoms with Crippen LogP contribution in [-0.4, -0.2) is 18.2 Å². The van der Waals surface area contributed by atoms with Gasteiger partial charge in [0.1, 0.15) is 0 Å². The maximum atomic E-state index is 9.73. The van der Waals surface area contributed by atoms with E-state index < -0.39 is 0 Å². The Morgan fingerprint density at radius 2 is 1.54 bits per heavy atom. The number of hydrogen-bond donors (Lipinski definition) is 3. The van der Waals surface area contributed by atoms with Crippen LogP contribution >= 0.6 is 0 Å². The second kappa shape index (κ2) is 4.60. The smallest absolute Gasteiger partial charge is 0.162 e. The summed E-state index contributed by atoms with van der Waals surface area (Å²) in [4.78, 5) is 0. The summed E-state index contributed by atoms with van der Waals surface area (Å²) in [6.45, 7) is 5.62. The van der Waals surface area contributed by atoms with Gasteiger partial charge in [0, 0.05) is 13.1 Å². The van der Waals surface area contributed by atoms with Gasteiger partial charge in [0.2, 0.25) is 0 Å². The summed E-state index contributed by atoms with van der Waals surface area (Å²) in [5, 5.41) is 15.9. The highest BCUT2D eigenvalue weighted by molar-refractivity contribution is 5.70. The molecule has 0 atom stereocenters. The van der Waals surface area contributed by atoms with E-state index >= 15 is 0 Å². The Balaban J connectivity index is 2.89. The first kappa shape index (κ1) is 9.71. The largest absolute Gasteiger partial charge is 0.504 e. The van der Waals surface area contributed by atoms with Gasteiger partial charge in [-0.3, -0.25) is 0 Å². The molecule has 13 heavy (non-hydrogen) atoms. The van der Waals surface area contributed by atoms with Gasteiger partial charge in [-0.05, 0) is 26.0 Å². The molecule has 0 saturated carbocycles. The monoisotopic (exact) mass is 180 g/mol. The van der Waals surface area contributed by atoms with E-state index in [1.807, 2.05) is 32.0 Å². The topological polar surface area (TPSA) is 44.3 Å². The van der Waals surface area contributed by atoms with E-state index in [0.717, 1.165) is 24.5 Å². The number of phenolic OH excluding ortho intramolecular Hbond substituents is 1. The van der Waals surface area contributed by atoms with Crippen LogP contribution in [0, 0.1) is 0 Å². The minimum Gasteiger partial charge on any atom is -0.504 e. The van der Waals surface area contributed by atoms with Crippen LogP contribution in [0.15, 0.2) is 18.2 Å². The van der Waals surface area contributed by atoms with E-state index in [1.165, 1.54) is 0 Å². The summed E-state index contributed by atoms with van der Waals surface area (Å²) in [5.41, 5.74) is 1.56. The molecule has 0 aliphatic carbocycles. The van der Waals surface area contributed by atoms with Crippen LogP contribution in [0.3, 0.4) is 0 Å². The van der Waals surface area contributed by atoms with Crippen LogP contribution in [0.2, 0.25) is 0 Å². The molecule has 3 N–H and O–H groups in total. The van der Waals surface area contributed by atoms with Gasteiger partial charge in [0.25, 0.3) is 0 Å². The molecular weight excluding hydrogens is 164 g/mol. The van der Waals surface area contributed by atoms with Crippen molar-refractivity contribution >= 4 is 11.4 Å². The Morgan fingerprint density at radius 1 is 1.08 bits per heavy atom. The van der Waals surface area contributed by atoms with Crippen LogP contribution in [0.5, 0.6) is 5.75 Å². The molecule has 0 fully saturated rings. The number of nitrogens with one attached hydrogen (secondary N) is 2. The third kappa shape index (κ3) is 2.28. The molecule has 0 unspecified atom stereocenters. The van der Waals surface area contributed by atoms with Crippen molar-refractivity contribution in [2.75, 3.05) is 23.7 Å². The van der Waals surface area contributed by atoms with E-state index in [9.17, 15) is 5.11 Å². The number of para-hydroxylation sites is 1. The van der Waals surface area contributed by atoms with E-state index in [0.29, 0.717) is 5.75 Å². The van der Waals surface area contributed by atoms with Crippen molar-refractivity contribution in [3.05, 3.63) is 18.2 Å². The fraction of sp³-hybridized carbons (Fsp3) is 0.400. The van der Waals surface area contributed by atoms with Crippen LogP contribution in [0.4, 0.5) is 11.4 Å². The number of rotatable bonds is 4. The second-order valence-electron chi connectivity index (χ2n) is 2.76. The molecule has 0 heterocycles. The predicted molar refractivity (Wildman–Crippen MR) is 56.4 cm³/mol. The fourth-order valence-corrected chi connectivity index (χ4v) is 1.21. The Labute approximate surface area is 78.8 Å². The van der Waals surface area contributed by atoms with Gasteiger partial charge < -0.3 is 15.7 Å². The molecule has 3 nitrogen and oxygen atoms in total. The average Bonchev–Trinajstić information content (AvgIpc) is 2.13. The van der Waals surface area contributed by atoms with Gasteiger partial charge in [0.15, 0.2) is 5.75 Å². The van der Waals surface area contributed by atoms with Crippen LogP contribution < -0.4 is 10.6 Å². The second-order valence-corrected chi connectivity index (χ2v) is 2.76. The highest BCUT2D eigenvalue weighted by Crippen LogP contribution is 2.31. The van der Waals surface area contributed by atoms with Gasteiger partial charge in [-0.2, -0.15) is 0 Å². The van der Waals surface area contributed by atoms with E-state index in [4.69, 9.17) is 0 Å². The van der Waals surface area contributed by atoms with Crippen molar-refractivity contribution in [1.29, 1.82) is 0 Å². The predicted octanol–water partition coefficient (Wildman–Crippen LogP) is 2.26. The summed E-state index contributed by atoms with van der Waals surface area (Å²) in [6.07, 6.45) is 0. The lowest BCUT2D eigenvalue weighted by atomic mass is 10.2. The molecule has 0 aliphatic rings. The molecule has 0 saturated heterocycles. The molecule has 0 amide bonds. The zero-order valence-corrected chi connectivity index (χ0v) is 8.09. The van der Waals surface area contributed by atoms with Gasteiger partial charge in [-0.15, -0.1) is 0 Å². The van der Waals surface area contributed by atoms with Crippen LogP contribution in [0.25, 0.3) is 0 Å². The Kier molecular flexibility index (Phi) is 3.43. The number of aromatic hydroxyl groups is 1. The highest BCUT2D eigenvalue weighted by Gasteiger charge is 2.03. The molecule has 0 bridgehead atoms. The maximum Gasteiger partial charge on any atom is 0.162 e. The zero-order chi connectivity index (χ0) is 9.68. The van der Waals surface area contributed by atoms with E-state index in [-0.39, 0.29) is 0 Å². The third-order valence-corrected chi connectivity index (χ3v) is 1.77. The van der Waals surface area contributed by atoms with Gasteiger partial charge in [-0.1, -0.05) is 6.07 Å². The molecule has 0 radical (unpaired) electrons. The SMILES string of the molecule is CCNc1cccc(NCC)c1O. The number of hydrogen-bond acceptors (Lipinski definition) is 3. The first-order chi connectivity index (χ1) is 6.29. The summed E-state index contributed by atoms with van der Waals surface area (Å²) >= 11 is 0. The lowest BCUT2D eigenvalue weighted by Crippen LogP contribution is -2.00. The highest BCUT2D eigenvalue weighted by atomic mass is 16.3. The Hall–Kier alpha value is -1.38. The van der Waals surface area contributed by atoms with Crippen LogP contribution in [-0.2, 0) is 0 Å². The Bertz CT molecular complexity index is 249. The summed E-state index contributed by atoms with van der Waals surface area (Å²) in [5.74, 6) is 0.297. The lowest BCUT2D eigenvalue weighted by molar-refractivity contribution is 0.479. The summed E-state index contributed by atoms with van der Waals surface area (Å²) in [7, 11) is 0. The molecule has 0 aromatic heterocycles. The zero-order valence-electron chi connectivity index (χ0n) is 8.09. The van der Waals surface area contributed by atoms with Gasteiger partial charge in [-0.25, -0.2) is 0 Å². The minimum atomic E-state index is 0.297. The quantitative estimate of drug-likeness (QED) is 0.623. The third-order valence-electron chi connectivity index (χ3n) is 1.77. The van der Waals surface area contributed by atoms with E-state index in [1.54, 1.807) is 0 Å². The van der Waals surface area contributed by atoms with Crippen molar-refractivity contribution in [3.8, 4) is 5.75 Å². The van der Waals surface area contributed by atoms with Gasteiger partial charge >= 0.3 is 0 Å². The molecule has 1 aromatic rings. The molecule has 72 valence electrons. The van der Waals surface area contributed by atoms with E-state index in [2.05, 4.69) is 10.6 Å². The maximum absolute atomic E-state index is 9.73. The molecule has 3 heteroatoms. The van der Waals surface area contributed by atoms with Crippen molar-refractivity contribution in [2.24, 2.45) is 0 Å². The molecular formula is C10H16N2O. The Morgan fingerprint density at radius 3 is 1.92 bits per heavy atom. The first-order valence-electron chi connectivity index (χ1n) is 4.59. The average molecular weight is 180 g/mol. The number of anilines is 2. The number of phenols is 1. The normalized spacial score (nSPS) is 9.69. The molecule has 1 aromatic carbocycles. The molecule has 0 spiro atoms. The molecule has 1 rings (SSSR count). The van der Waals surface area contributed by atoms with Crippen LogP contribution in [0.1, 0.15) is 13.8 Å². The fourth-order valence-electron chi connectivity index (χ4n) is 1.21. The van der Waals surface area contributed by atoms with Crippen molar-refractivity contribution in [1.82, 2.24) is 0 Å². The standard InChI is InChI=1S/C10H16N2O/c1-3-11-8-6-5-7-9(10(8)13)12-4-2/h5-7,11-13H,3-4H2,1-2H3. The number of benzene rings is 1. The lowest BCUT2D eigenvalue weighted by Gasteiger charge is -2.10. The summed E-state index contributed by atoms with van der Waals surface area (Å²) < 4.78 is 0. The van der Waals surface area contributed by atoms with Crippen molar-refractivity contribution in [2.45, 2.75) is 13.8 Å². The van der Waals surface area contributed by atoms with Crippen molar-refractivity contribution in [3.63, 3.8) is 0 Å². The minimum absolute atomic E-state index is 0.297. The summed E-state index contributed by atoms with van der Waals surface area (Å²) in [6, 6.07) is 5.63. The van der Waals surface area contributed by atoms with Gasteiger partial charge in [0.05, 0.1) is 11.4 Å². The molecule has 0 aliphatic heterocycles.